The lowest BCUT2D eigenvalue weighted by atomic mass is 9.91. The first-order valence-corrected chi connectivity index (χ1v) is 9.50. The van der Waals surface area contributed by atoms with Crippen molar-refractivity contribution in [1.82, 2.24) is 15.2 Å². The van der Waals surface area contributed by atoms with E-state index >= 15 is 0 Å². The number of amides is 3. The summed E-state index contributed by atoms with van der Waals surface area (Å²) < 4.78 is 16.3. The molecule has 2 aromatic carbocycles. The van der Waals surface area contributed by atoms with Crippen LogP contribution in [-0.4, -0.2) is 28.6 Å². The topological polar surface area (TPSA) is 93.9 Å². The summed E-state index contributed by atoms with van der Waals surface area (Å²) in [7, 11) is 0. The zero-order valence-corrected chi connectivity index (χ0v) is 16.5. The van der Waals surface area contributed by atoms with Crippen molar-refractivity contribution in [2.75, 3.05) is 6.79 Å². The molecule has 3 aromatic rings. The van der Waals surface area contributed by atoms with Crippen LogP contribution in [0.5, 0.6) is 11.5 Å². The Balaban J connectivity index is 1.38. The quantitative estimate of drug-likeness (QED) is 0.669. The third-order valence-corrected chi connectivity index (χ3v) is 5.40. The Labute approximate surface area is 172 Å². The van der Waals surface area contributed by atoms with Gasteiger partial charge in [-0.1, -0.05) is 23.8 Å². The van der Waals surface area contributed by atoms with Crippen LogP contribution in [0.3, 0.4) is 0 Å². The maximum absolute atomic E-state index is 13.2. The molecule has 0 aliphatic carbocycles. The van der Waals surface area contributed by atoms with Gasteiger partial charge in [-0.3, -0.25) is 9.69 Å². The summed E-state index contributed by atoms with van der Waals surface area (Å²) in [6.45, 7) is 3.82. The van der Waals surface area contributed by atoms with Gasteiger partial charge in [-0.2, -0.15) is 0 Å². The average molecular weight is 405 g/mol. The Hall–Kier alpha value is -3.81. The summed E-state index contributed by atoms with van der Waals surface area (Å²) in [6.07, 6.45) is 1.46. The van der Waals surface area contributed by atoms with Gasteiger partial charge >= 0.3 is 6.03 Å². The van der Waals surface area contributed by atoms with Crippen molar-refractivity contribution in [1.29, 1.82) is 0 Å². The molecule has 2 aliphatic heterocycles. The van der Waals surface area contributed by atoms with Crippen LogP contribution in [0.2, 0.25) is 0 Å². The van der Waals surface area contributed by atoms with Crippen LogP contribution in [0.25, 0.3) is 11.5 Å². The minimum Gasteiger partial charge on any atom is -0.454 e. The Morgan fingerprint density at radius 2 is 1.87 bits per heavy atom. The van der Waals surface area contributed by atoms with E-state index in [0.717, 1.165) is 16.0 Å². The number of urea groups is 1. The Kier molecular flexibility index (Phi) is 4.02. The van der Waals surface area contributed by atoms with Gasteiger partial charge in [0.2, 0.25) is 12.7 Å². The highest BCUT2D eigenvalue weighted by Crippen LogP contribution is 2.38. The molecule has 8 heteroatoms. The third kappa shape index (κ3) is 2.88. The van der Waals surface area contributed by atoms with E-state index in [4.69, 9.17) is 13.9 Å². The lowest BCUT2D eigenvalue weighted by Crippen LogP contribution is -2.40. The fraction of sp³-hybridized carbons (Fsp3) is 0.227. The zero-order chi connectivity index (χ0) is 20.9. The molecule has 0 bridgehead atoms. The molecule has 0 unspecified atom stereocenters. The summed E-state index contributed by atoms with van der Waals surface area (Å²) in [5.74, 6) is 1.23. The van der Waals surface area contributed by atoms with Crippen molar-refractivity contribution in [2.24, 2.45) is 0 Å². The van der Waals surface area contributed by atoms with Gasteiger partial charge in [0, 0.05) is 5.56 Å². The van der Waals surface area contributed by atoms with Gasteiger partial charge in [-0.05, 0) is 43.7 Å². The van der Waals surface area contributed by atoms with Gasteiger partial charge in [0.1, 0.15) is 11.8 Å². The number of carbonyl (C=O) groups excluding carboxylic acids is 2. The third-order valence-electron chi connectivity index (χ3n) is 5.40. The number of rotatable bonds is 4. The highest BCUT2D eigenvalue weighted by Gasteiger charge is 2.49. The van der Waals surface area contributed by atoms with E-state index in [0.29, 0.717) is 28.6 Å². The van der Waals surface area contributed by atoms with E-state index in [9.17, 15) is 9.59 Å². The normalized spacial score (nSPS) is 20.0. The van der Waals surface area contributed by atoms with Crippen molar-refractivity contribution in [3.63, 3.8) is 0 Å². The summed E-state index contributed by atoms with van der Waals surface area (Å²) in [5, 5.41) is 2.79. The first-order valence-electron chi connectivity index (χ1n) is 9.50. The van der Waals surface area contributed by atoms with Gasteiger partial charge in [0.15, 0.2) is 11.5 Å². The van der Waals surface area contributed by atoms with Gasteiger partial charge < -0.3 is 19.2 Å². The summed E-state index contributed by atoms with van der Waals surface area (Å²) >= 11 is 0. The maximum Gasteiger partial charge on any atom is 0.325 e. The maximum atomic E-state index is 13.2. The largest absolute Gasteiger partial charge is 0.454 e. The molecule has 1 aromatic heterocycles. The number of fused-ring (bicyclic) bond motifs is 1. The molecule has 1 atom stereocenters. The fourth-order valence-electron chi connectivity index (χ4n) is 3.61. The molecule has 0 radical (unpaired) electrons. The van der Waals surface area contributed by atoms with E-state index in [1.165, 1.54) is 6.26 Å². The average Bonchev–Trinajstić information content (AvgIpc) is 3.44. The first-order chi connectivity index (χ1) is 14.4. The molecule has 3 heterocycles. The smallest absolute Gasteiger partial charge is 0.325 e. The second kappa shape index (κ2) is 6.62. The zero-order valence-electron chi connectivity index (χ0n) is 16.5. The van der Waals surface area contributed by atoms with Crippen LogP contribution in [0.4, 0.5) is 4.79 Å². The molecule has 8 nitrogen and oxygen atoms in total. The molecule has 1 saturated heterocycles. The number of nitrogens with zero attached hydrogens (tertiary/aromatic N) is 2. The Morgan fingerprint density at radius 1 is 1.10 bits per heavy atom. The van der Waals surface area contributed by atoms with Crippen LogP contribution in [-0.2, 0) is 16.9 Å². The number of imide groups is 1. The second-order valence-corrected chi connectivity index (χ2v) is 7.52. The van der Waals surface area contributed by atoms with Crippen molar-refractivity contribution >= 4 is 11.9 Å². The minimum atomic E-state index is -1.21. The lowest BCUT2D eigenvalue weighted by Gasteiger charge is -2.22. The molecular formula is C22H19N3O5. The molecule has 3 amide bonds. The first kappa shape index (κ1) is 18.2. The fourth-order valence-corrected chi connectivity index (χ4v) is 3.61. The number of ether oxygens (including phenoxy) is 2. The summed E-state index contributed by atoms with van der Waals surface area (Å²) in [4.78, 5) is 31.3. The highest BCUT2D eigenvalue weighted by molar-refractivity contribution is 6.07. The molecule has 1 fully saturated rings. The summed E-state index contributed by atoms with van der Waals surface area (Å²) in [5.41, 5.74) is 1.86. The molecule has 30 heavy (non-hydrogen) atoms. The molecule has 0 spiro atoms. The van der Waals surface area contributed by atoms with E-state index in [1.807, 2.05) is 31.2 Å². The van der Waals surface area contributed by atoms with Gasteiger partial charge in [0.25, 0.3) is 5.91 Å². The van der Waals surface area contributed by atoms with E-state index < -0.39 is 11.6 Å². The predicted molar refractivity (Wildman–Crippen MR) is 106 cm³/mol. The number of aryl methyl sites for hydroxylation is 1. The number of oxazole rings is 1. The van der Waals surface area contributed by atoms with E-state index in [-0.39, 0.29) is 19.2 Å². The Morgan fingerprint density at radius 3 is 2.67 bits per heavy atom. The van der Waals surface area contributed by atoms with Gasteiger partial charge in [-0.15, -0.1) is 0 Å². The van der Waals surface area contributed by atoms with E-state index in [2.05, 4.69) is 10.3 Å². The molecule has 5 rings (SSSR count). The molecule has 2 aliphatic rings. The molecular weight excluding hydrogens is 386 g/mol. The minimum absolute atomic E-state index is 0.0141. The highest BCUT2D eigenvalue weighted by atomic mass is 16.7. The monoisotopic (exact) mass is 405 g/mol. The molecule has 1 N–H and O–H groups in total. The number of hydrogen-bond donors (Lipinski definition) is 1. The standard InChI is InChI=1S/C22H19N3O5/c1-13-3-5-14(6-4-13)19-23-16(11-28-19)10-25-20(26)22(2,24-21(25)27)15-7-8-17-18(9-15)30-12-29-17/h3-9,11H,10,12H2,1-2H3,(H,24,27)/t22-/m0/s1. The van der Waals surface area contributed by atoms with Crippen molar-refractivity contribution in [3.05, 3.63) is 65.5 Å². The number of aromatic nitrogens is 1. The number of carbonyl (C=O) groups is 2. The number of nitrogens with one attached hydrogen (secondary N) is 1. The lowest BCUT2D eigenvalue weighted by molar-refractivity contribution is -0.131. The predicted octanol–water partition coefficient (Wildman–Crippen LogP) is 3.35. The van der Waals surface area contributed by atoms with Crippen LogP contribution in [0.15, 0.2) is 53.1 Å². The second-order valence-electron chi connectivity index (χ2n) is 7.52. The van der Waals surface area contributed by atoms with Crippen LogP contribution >= 0.6 is 0 Å². The van der Waals surface area contributed by atoms with Crippen molar-refractivity contribution < 1.29 is 23.5 Å². The molecule has 152 valence electrons. The van der Waals surface area contributed by atoms with Gasteiger partial charge in [0.05, 0.1) is 12.2 Å². The van der Waals surface area contributed by atoms with Crippen molar-refractivity contribution in [3.8, 4) is 23.0 Å². The van der Waals surface area contributed by atoms with Crippen LogP contribution < -0.4 is 14.8 Å². The van der Waals surface area contributed by atoms with Crippen LogP contribution in [0.1, 0.15) is 23.7 Å². The SMILES string of the molecule is Cc1ccc(-c2nc(CN3C(=O)N[C@@](C)(c4ccc5c(c4)OCO5)C3=O)co2)cc1. The van der Waals surface area contributed by atoms with Crippen molar-refractivity contribution in [2.45, 2.75) is 25.9 Å². The Bertz CT molecular complexity index is 1150. The van der Waals surface area contributed by atoms with Crippen LogP contribution in [0, 0.1) is 6.92 Å². The molecule has 0 saturated carbocycles. The van der Waals surface area contributed by atoms with Gasteiger partial charge in [-0.25, -0.2) is 9.78 Å². The number of hydrogen-bond acceptors (Lipinski definition) is 6. The van der Waals surface area contributed by atoms with E-state index in [1.54, 1.807) is 25.1 Å². The summed E-state index contributed by atoms with van der Waals surface area (Å²) in [6, 6.07) is 12.5. The number of benzene rings is 2.